The molecular formula is C13H24N4. The maximum Gasteiger partial charge on any atom is 0.106 e. The lowest BCUT2D eigenvalue weighted by atomic mass is 10.2. The maximum absolute atomic E-state index is 4.62. The first-order chi connectivity index (χ1) is 8.29. The van der Waals surface area contributed by atoms with Crippen LogP contribution >= 0.6 is 0 Å². The van der Waals surface area contributed by atoms with E-state index in [0.717, 1.165) is 31.8 Å². The maximum atomic E-state index is 4.62. The molecule has 0 radical (unpaired) electrons. The molecule has 0 unspecified atom stereocenters. The number of aryl methyl sites for hydroxylation is 3. The Morgan fingerprint density at radius 2 is 2.06 bits per heavy atom. The average Bonchev–Trinajstić information content (AvgIpc) is 2.71. The van der Waals surface area contributed by atoms with Crippen molar-refractivity contribution >= 4 is 0 Å². The molecule has 2 heterocycles. The molecule has 4 heteroatoms. The number of H-pyrrole nitrogens is 1. The fourth-order valence-electron chi connectivity index (χ4n) is 2.43. The molecule has 1 aliphatic rings. The van der Waals surface area contributed by atoms with E-state index in [1.807, 2.05) is 0 Å². The Morgan fingerprint density at radius 3 is 2.71 bits per heavy atom. The van der Waals surface area contributed by atoms with Crippen molar-refractivity contribution in [3.8, 4) is 0 Å². The van der Waals surface area contributed by atoms with Gasteiger partial charge in [0.05, 0.1) is 5.69 Å². The highest BCUT2D eigenvalue weighted by atomic mass is 15.2. The number of nitrogens with zero attached hydrogens (tertiary/aromatic N) is 2. The van der Waals surface area contributed by atoms with Crippen LogP contribution in [0, 0.1) is 6.92 Å². The number of imidazole rings is 1. The number of aromatic amines is 1. The van der Waals surface area contributed by atoms with E-state index in [1.54, 1.807) is 0 Å². The molecular weight excluding hydrogens is 212 g/mol. The number of aromatic nitrogens is 2. The van der Waals surface area contributed by atoms with Crippen molar-refractivity contribution in [2.24, 2.45) is 0 Å². The monoisotopic (exact) mass is 236 g/mol. The van der Waals surface area contributed by atoms with Crippen molar-refractivity contribution in [3.05, 3.63) is 17.2 Å². The zero-order chi connectivity index (χ0) is 12.1. The first-order valence-electron chi connectivity index (χ1n) is 6.77. The smallest absolute Gasteiger partial charge is 0.106 e. The van der Waals surface area contributed by atoms with E-state index in [1.165, 1.54) is 37.4 Å². The highest BCUT2D eigenvalue weighted by molar-refractivity contribution is 5.12. The first-order valence-corrected chi connectivity index (χ1v) is 6.77. The molecule has 0 bridgehead atoms. The third-order valence-corrected chi connectivity index (χ3v) is 3.47. The highest BCUT2D eigenvalue weighted by Gasteiger charge is 2.09. The third kappa shape index (κ3) is 3.54. The van der Waals surface area contributed by atoms with Gasteiger partial charge in [0.25, 0.3) is 0 Å². The Hall–Kier alpha value is -0.870. The molecule has 2 rings (SSSR count). The summed E-state index contributed by atoms with van der Waals surface area (Å²) >= 11 is 0. The van der Waals surface area contributed by atoms with E-state index in [0.29, 0.717) is 0 Å². The Bertz CT molecular complexity index is 339. The van der Waals surface area contributed by atoms with E-state index >= 15 is 0 Å². The van der Waals surface area contributed by atoms with E-state index in [4.69, 9.17) is 0 Å². The quantitative estimate of drug-likeness (QED) is 0.805. The number of nitrogens with one attached hydrogen (secondary N) is 2. The predicted octanol–water partition coefficient (Wildman–Crippen LogP) is 1.12. The second kappa shape index (κ2) is 6.17. The summed E-state index contributed by atoms with van der Waals surface area (Å²) < 4.78 is 0. The first kappa shape index (κ1) is 12.6. The Labute approximate surface area is 104 Å². The summed E-state index contributed by atoms with van der Waals surface area (Å²) in [5.41, 5.74) is 2.46. The molecule has 0 amide bonds. The van der Waals surface area contributed by atoms with Crippen LogP contribution in [0.2, 0.25) is 0 Å². The summed E-state index contributed by atoms with van der Waals surface area (Å²) in [7, 11) is 0. The molecule has 1 saturated heterocycles. The normalized spacial score (nSPS) is 17.5. The van der Waals surface area contributed by atoms with Crippen LogP contribution in [0.25, 0.3) is 0 Å². The van der Waals surface area contributed by atoms with E-state index in [9.17, 15) is 0 Å². The zero-order valence-corrected chi connectivity index (χ0v) is 11.1. The van der Waals surface area contributed by atoms with Crippen LogP contribution in [0.1, 0.15) is 30.6 Å². The van der Waals surface area contributed by atoms with Crippen LogP contribution in [-0.4, -0.2) is 47.6 Å². The van der Waals surface area contributed by atoms with Crippen LogP contribution in [-0.2, 0) is 12.8 Å². The van der Waals surface area contributed by atoms with Gasteiger partial charge >= 0.3 is 0 Å². The molecule has 1 aromatic heterocycles. The number of hydrogen-bond acceptors (Lipinski definition) is 3. The highest BCUT2D eigenvalue weighted by Crippen LogP contribution is 2.07. The van der Waals surface area contributed by atoms with Gasteiger partial charge in [-0.25, -0.2) is 4.98 Å². The lowest BCUT2D eigenvalue weighted by Crippen LogP contribution is -2.43. The fourth-order valence-corrected chi connectivity index (χ4v) is 2.43. The molecule has 17 heavy (non-hydrogen) atoms. The number of hydrogen-bond donors (Lipinski definition) is 2. The SMILES string of the molecule is CCc1nc(CCCN2CCNCC2)[nH]c1C. The Kier molecular flexibility index (Phi) is 4.57. The van der Waals surface area contributed by atoms with Gasteiger partial charge < -0.3 is 15.2 Å². The van der Waals surface area contributed by atoms with E-state index in [2.05, 4.69) is 34.0 Å². The molecule has 0 aromatic carbocycles. The standard InChI is InChI=1S/C13H24N4/c1-3-12-11(2)15-13(16-12)5-4-8-17-9-6-14-7-10-17/h14H,3-10H2,1-2H3,(H,15,16). The molecule has 1 aromatic rings. The average molecular weight is 236 g/mol. The van der Waals surface area contributed by atoms with Crippen LogP contribution in [0.5, 0.6) is 0 Å². The summed E-state index contributed by atoms with van der Waals surface area (Å²) in [5, 5.41) is 3.38. The topological polar surface area (TPSA) is 44.0 Å². The minimum Gasteiger partial charge on any atom is -0.346 e. The zero-order valence-electron chi connectivity index (χ0n) is 11.1. The molecule has 1 fully saturated rings. The van der Waals surface area contributed by atoms with Gasteiger partial charge in [0.2, 0.25) is 0 Å². The minimum atomic E-state index is 1.03. The second-order valence-corrected chi connectivity index (χ2v) is 4.80. The van der Waals surface area contributed by atoms with Gasteiger partial charge in [-0.05, 0) is 26.3 Å². The molecule has 2 N–H and O–H groups in total. The van der Waals surface area contributed by atoms with Crippen LogP contribution in [0.4, 0.5) is 0 Å². The van der Waals surface area contributed by atoms with Crippen molar-refractivity contribution in [2.45, 2.75) is 33.1 Å². The van der Waals surface area contributed by atoms with Gasteiger partial charge in [-0.1, -0.05) is 6.92 Å². The molecule has 0 spiro atoms. The van der Waals surface area contributed by atoms with Gasteiger partial charge in [-0.15, -0.1) is 0 Å². The Balaban J connectivity index is 1.73. The van der Waals surface area contributed by atoms with Crippen LogP contribution in [0.3, 0.4) is 0 Å². The molecule has 96 valence electrons. The van der Waals surface area contributed by atoms with Crippen molar-refractivity contribution in [1.82, 2.24) is 20.2 Å². The van der Waals surface area contributed by atoms with Crippen molar-refractivity contribution < 1.29 is 0 Å². The molecule has 0 saturated carbocycles. The fraction of sp³-hybridized carbons (Fsp3) is 0.769. The molecule has 4 nitrogen and oxygen atoms in total. The van der Waals surface area contributed by atoms with Gasteiger partial charge in [0, 0.05) is 38.3 Å². The summed E-state index contributed by atoms with van der Waals surface area (Å²) in [5.74, 6) is 1.16. The largest absolute Gasteiger partial charge is 0.346 e. The van der Waals surface area contributed by atoms with Crippen molar-refractivity contribution in [1.29, 1.82) is 0 Å². The Morgan fingerprint density at radius 1 is 1.29 bits per heavy atom. The molecule has 0 atom stereocenters. The van der Waals surface area contributed by atoms with Gasteiger partial charge in [0.1, 0.15) is 5.82 Å². The number of rotatable bonds is 5. The van der Waals surface area contributed by atoms with E-state index in [-0.39, 0.29) is 0 Å². The summed E-state index contributed by atoms with van der Waals surface area (Å²) in [6, 6.07) is 0. The molecule has 1 aliphatic heterocycles. The van der Waals surface area contributed by atoms with Crippen molar-refractivity contribution in [2.75, 3.05) is 32.7 Å². The van der Waals surface area contributed by atoms with Gasteiger partial charge in [-0.3, -0.25) is 0 Å². The van der Waals surface area contributed by atoms with Crippen LogP contribution < -0.4 is 5.32 Å². The third-order valence-electron chi connectivity index (χ3n) is 3.47. The van der Waals surface area contributed by atoms with Crippen molar-refractivity contribution in [3.63, 3.8) is 0 Å². The second-order valence-electron chi connectivity index (χ2n) is 4.80. The lowest BCUT2D eigenvalue weighted by molar-refractivity contribution is 0.238. The predicted molar refractivity (Wildman–Crippen MR) is 70.3 cm³/mol. The summed E-state index contributed by atoms with van der Waals surface area (Å²) in [6.07, 6.45) is 3.31. The summed E-state index contributed by atoms with van der Waals surface area (Å²) in [6.45, 7) is 10.1. The van der Waals surface area contributed by atoms with E-state index < -0.39 is 0 Å². The van der Waals surface area contributed by atoms with Gasteiger partial charge in [-0.2, -0.15) is 0 Å². The lowest BCUT2D eigenvalue weighted by Gasteiger charge is -2.26. The van der Waals surface area contributed by atoms with Gasteiger partial charge in [0.15, 0.2) is 0 Å². The summed E-state index contributed by atoms with van der Waals surface area (Å²) in [4.78, 5) is 10.6. The minimum absolute atomic E-state index is 1.03. The molecule has 0 aliphatic carbocycles. The number of piperazine rings is 1. The van der Waals surface area contributed by atoms with Crippen LogP contribution in [0.15, 0.2) is 0 Å².